The van der Waals surface area contributed by atoms with Gasteiger partial charge in [0, 0.05) is 20.2 Å². The summed E-state index contributed by atoms with van der Waals surface area (Å²) in [5, 5.41) is 12.1. The van der Waals surface area contributed by atoms with Gasteiger partial charge in [-0.3, -0.25) is 4.79 Å². The van der Waals surface area contributed by atoms with Crippen molar-refractivity contribution >= 4 is 12.0 Å². The highest BCUT2D eigenvalue weighted by Crippen LogP contribution is 2.31. The Labute approximate surface area is 120 Å². The molecular weight excluding hydrogens is 260 g/mol. The van der Waals surface area contributed by atoms with Gasteiger partial charge >= 0.3 is 12.0 Å². The number of aliphatic carboxylic acids is 1. The molecule has 2 N–H and O–H groups in total. The van der Waals surface area contributed by atoms with Gasteiger partial charge in [0.25, 0.3) is 0 Å². The molecule has 0 saturated carbocycles. The first kappa shape index (κ1) is 16.8. The van der Waals surface area contributed by atoms with E-state index in [1.54, 1.807) is 39.7 Å². The topological polar surface area (TPSA) is 78.9 Å². The minimum atomic E-state index is -1.05. The minimum Gasteiger partial charge on any atom is -0.481 e. The third kappa shape index (κ3) is 3.42. The summed E-state index contributed by atoms with van der Waals surface area (Å²) in [5.74, 6) is -0.930. The molecule has 20 heavy (non-hydrogen) atoms. The van der Waals surface area contributed by atoms with Gasteiger partial charge in [0.1, 0.15) is 0 Å². The number of nitrogens with one attached hydrogen (secondary N) is 1. The van der Waals surface area contributed by atoms with Crippen LogP contribution in [-0.2, 0) is 9.53 Å². The van der Waals surface area contributed by atoms with Crippen LogP contribution in [0.3, 0.4) is 0 Å². The first-order chi connectivity index (χ1) is 9.11. The van der Waals surface area contributed by atoms with Crippen LogP contribution in [-0.4, -0.2) is 53.8 Å². The summed E-state index contributed by atoms with van der Waals surface area (Å²) in [5.41, 5.74) is -1.89. The number of carboxylic acid groups (broad SMARTS) is 1. The molecule has 0 aliphatic carbocycles. The van der Waals surface area contributed by atoms with Gasteiger partial charge in [0.15, 0.2) is 0 Å². The number of nitrogens with zero attached hydrogens (tertiary/aromatic N) is 1. The van der Waals surface area contributed by atoms with E-state index < -0.39 is 16.9 Å². The summed E-state index contributed by atoms with van der Waals surface area (Å²) in [6, 6.07) is -0.209. The Morgan fingerprint density at radius 2 is 1.70 bits per heavy atom. The third-order valence-electron chi connectivity index (χ3n) is 4.58. The van der Waals surface area contributed by atoms with E-state index in [-0.39, 0.29) is 12.1 Å². The molecule has 0 aromatic carbocycles. The van der Waals surface area contributed by atoms with Gasteiger partial charge in [-0.1, -0.05) is 0 Å². The van der Waals surface area contributed by atoms with Crippen molar-refractivity contribution in [2.75, 3.05) is 20.2 Å². The number of hydrogen-bond donors (Lipinski definition) is 2. The van der Waals surface area contributed by atoms with E-state index in [1.165, 1.54) is 0 Å². The molecule has 1 aliphatic rings. The maximum atomic E-state index is 12.3. The summed E-state index contributed by atoms with van der Waals surface area (Å²) in [6.07, 6.45) is 1.84. The normalized spacial score (nSPS) is 17.9. The van der Waals surface area contributed by atoms with Gasteiger partial charge < -0.3 is 20.1 Å². The van der Waals surface area contributed by atoms with E-state index >= 15 is 0 Å². The zero-order valence-electron chi connectivity index (χ0n) is 13.0. The smallest absolute Gasteiger partial charge is 0.317 e. The van der Waals surface area contributed by atoms with Crippen molar-refractivity contribution in [3.8, 4) is 0 Å². The molecule has 0 aromatic rings. The van der Waals surface area contributed by atoms with E-state index in [0.29, 0.717) is 13.1 Å². The molecule has 1 aliphatic heterocycles. The van der Waals surface area contributed by atoms with Crippen LogP contribution in [0.4, 0.5) is 4.79 Å². The van der Waals surface area contributed by atoms with Crippen molar-refractivity contribution in [2.45, 2.75) is 52.2 Å². The predicted octanol–water partition coefficient (Wildman–Crippen LogP) is 1.70. The Balaban J connectivity index is 2.64. The van der Waals surface area contributed by atoms with Crippen LogP contribution in [0.25, 0.3) is 0 Å². The van der Waals surface area contributed by atoms with Crippen molar-refractivity contribution in [3.05, 3.63) is 0 Å². The van der Waals surface area contributed by atoms with Crippen LogP contribution < -0.4 is 5.32 Å². The number of ether oxygens (including phenoxy) is 1. The quantitative estimate of drug-likeness (QED) is 0.824. The number of amides is 2. The lowest BCUT2D eigenvalue weighted by molar-refractivity contribution is -0.150. The SMILES string of the molecule is COC1CCN(C(=O)NC(C)(C)C(C)(C)C(=O)O)CC1. The minimum absolute atomic E-state index is 0.209. The van der Waals surface area contributed by atoms with E-state index in [0.717, 1.165) is 12.8 Å². The standard InChI is InChI=1S/C14H26N2O4/c1-13(2,11(17)18)14(3,4)15-12(19)16-8-6-10(20-5)7-9-16/h10H,6-9H2,1-5H3,(H,15,19)(H,17,18). The number of hydrogen-bond acceptors (Lipinski definition) is 3. The molecular formula is C14H26N2O4. The fourth-order valence-corrected chi connectivity index (χ4v) is 2.06. The third-order valence-corrected chi connectivity index (χ3v) is 4.58. The first-order valence-electron chi connectivity index (χ1n) is 6.95. The summed E-state index contributed by atoms with van der Waals surface area (Å²) in [7, 11) is 1.68. The second-order valence-electron chi connectivity index (χ2n) is 6.41. The number of likely N-dealkylation sites (tertiary alicyclic amines) is 1. The van der Waals surface area contributed by atoms with Gasteiger partial charge in [-0.15, -0.1) is 0 Å². The van der Waals surface area contributed by atoms with Gasteiger partial charge in [0.2, 0.25) is 0 Å². The molecule has 1 saturated heterocycles. The maximum absolute atomic E-state index is 12.3. The lowest BCUT2D eigenvalue weighted by Crippen LogP contribution is -2.60. The molecule has 0 unspecified atom stereocenters. The first-order valence-corrected chi connectivity index (χ1v) is 6.95. The second-order valence-corrected chi connectivity index (χ2v) is 6.41. The number of carboxylic acids is 1. The van der Waals surface area contributed by atoms with Crippen molar-refractivity contribution in [2.24, 2.45) is 5.41 Å². The lowest BCUT2D eigenvalue weighted by atomic mass is 9.74. The highest BCUT2D eigenvalue weighted by molar-refractivity contribution is 5.79. The van der Waals surface area contributed by atoms with Crippen molar-refractivity contribution in [1.29, 1.82) is 0 Å². The van der Waals surface area contributed by atoms with Crippen LogP contribution in [0.5, 0.6) is 0 Å². The van der Waals surface area contributed by atoms with E-state index in [1.807, 2.05) is 0 Å². The molecule has 2 amide bonds. The number of methoxy groups -OCH3 is 1. The van der Waals surface area contributed by atoms with Gasteiger partial charge in [0.05, 0.1) is 17.1 Å². The molecule has 1 heterocycles. The summed E-state index contributed by atoms with van der Waals surface area (Å²) in [4.78, 5) is 25.3. The highest BCUT2D eigenvalue weighted by Gasteiger charge is 2.45. The number of urea groups is 1. The molecule has 0 bridgehead atoms. The van der Waals surface area contributed by atoms with E-state index in [4.69, 9.17) is 4.74 Å². The largest absolute Gasteiger partial charge is 0.481 e. The van der Waals surface area contributed by atoms with Crippen LogP contribution in [0.2, 0.25) is 0 Å². The molecule has 6 heteroatoms. The number of piperidine rings is 1. The van der Waals surface area contributed by atoms with Gasteiger partial charge in [-0.2, -0.15) is 0 Å². The van der Waals surface area contributed by atoms with Crippen molar-refractivity contribution in [1.82, 2.24) is 10.2 Å². The van der Waals surface area contributed by atoms with E-state index in [2.05, 4.69) is 5.32 Å². The summed E-state index contributed by atoms with van der Waals surface area (Å²) in [6.45, 7) is 7.98. The molecule has 0 spiro atoms. The molecule has 0 atom stereocenters. The van der Waals surface area contributed by atoms with Crippen molar-refractivity contribution in [3.63, 3.8) is 0 Å². The fraction of sp³-hybridized carbons (Fsp3) is 0.857. The molecule has 116 valence electrons. The second kappa shape index (κ2) is 5.99. The molecule has 1 fully saturated rings. The summed E-state index contributed by atoms with van der Waals surface area (Å²) < 4.78 is 5.27. The lowest BCUT2D eigenvalue weighted by Gasteiger charge is -2.41. The van der Waals surface area contributed by atoms with Crippen LogP contribution >= 0.6 is 0 Å². The molecule has 0 aromatic heterocycles. The van der Waals surface area contributed by atoms with Crippen LogP contribution in [0, 0.1) is 5.41 Å². The molecule has 0 radical (unpaired) electrons. The van der Waals surface area contributed by atoms with Crippen LogP contribution in [0.1, 0.15) is 40.5 Å². The molecule has 6 nitrogen and oxygen atoms in total. The zero-order chi connectivity index (χ0) is 15.6. The van der Waals surface area contributed by atoms with Crippen molar-refractivity contribution < 1.29 is 19.4 Å². The Morgan fingerprint density at radius 1 is 1.20 bits per heavy atom. The van der Waals surface area contributed by atoms with E-state index in [9.17, 15) is 14.7 Å². The Bertz CT molecular complexity index is 371. The summed E-state index contributed by atoms with van der Waals surface area (Å²) >= 11 is 0. The fourth-order valence-electron chi connectivity index (χ4n) is 2.06. The van der Waals surface area contributed by atoms with Gasteiger partial charge in [-0.05, 0) is 40.5 Å². The maximum Gasteiger partial charge on any atom is 0.317 e. The average molecular weight is 286 g/mol. The molecule has 1 rings (SSSR count). The van der Waals surface area contributed by atoms with Gasteiger partial charge in [-0.25, -0.2) is 4.79 Å². The number of carbonyl (C=O) groups excluding carboxylic acids is 1. The Morgan fingerprint density at radius 3 is 2.10 bits per heavy atom. The Hall–Kier alpha value is -1.30. The number of carbonyl (C=O) groups is 2. The average Bonchev–Trinajstić information content (AvgIpc) is 2.37. The number of rotatable bonds is 4. The Kier molecular flexibility index (Phi) is 5.02. The highest BCUT2D eigenvalue weighted by atomic mass is 16.5. The predicted molar refractivity (Wildman–Crippen MR) is 75.6 cm³/mol. The monoisotopic (exact) mass is 286 g/mol. The zero-order valence-corrected chi connectivity index (χ0v) is 13.0. The van der Waals surface area contributed by atoms with Crippen LogP contribution in [0.15, 0.2) is 0 Å².